The molecule has 0 unspecified atom stereocenters. The fourth-order valence-electron chi connectivity index (χ4n) is 6.56. The van der Waals surface area contributed by atoms with Crippen LogP contribution in [0.4, 0.5) is 4.79 Å². The molecule has 5 atom stereocenters. The number of nitrogens with zero attached hydrogens (tertiary/aromatic N) is 1. The zero-order valence-electron chi connectivity index (χ0n) is 27.2. The molecule has 0 radical (unpaired) electrons. The molecule has 4 aliphatic rings. The standard InChI is InChI=1S/C34H48N4O8S/c1-3-5-15-27-31(40)38-22-25(46-29-16-11-10-14-23(29)13-9-7-6-8-12-19-45-33(42)35-27)20-28(38)30(39)36-34(21-24(34)4-2)32(41)37-47(43,44)26-17-18-26/h4,10-11,14,16,24-28H,2-3,5-9,12-13,15,17-22H2,1H3,(H,35,42)(H,36,39)(H,37,41)/t24-,25+,27-,28-,34+/m0/s1. The normalized spacial score (nSPS) is 28.7. The lowest BCUT2D eigenvalue weighted by Gasteiger charge is -2.29. The predicted octanol–water partition coefficient (Wildman–Crippen LogP) is 3.50. The lowest BCUT2D eigenvalue weighted by atomic mass is 10.0. The zero-order valence-corrected chi connectivity index (χ0v) is 28.0. The molecule has 4 amide bonds. The molecule has 2 heterocycles. The number of carbonyl (C=O) groups is 4. The predicted molar refractivity (Wildman–Crippen MR) is 175 cm³/mol. The Morgan fingerprint density at radius 1 is 1.13 bits per heavy atom. The molecule has 2 aliphatic carbocycles. The van der Waals surface area contributed by atoms with Crippen LogP contribution in [0.25, 0.3) is 0 Å². The van der Waals surface area contributed by atoms with Crippen molar-refractivity contribution in [3.8, 4) is 5.75 Å². The zero-order chi connectivity index (χ0) is 33.6. The van der Waals surface area contributed by atoms with Gasteiger partial charge in [0.25, 0.3) is 5.91 Å². The Balaban J connectivity index is 1.41. The fourth-order valence-corrected chi connectivity index (χ4v) is 7.93. The molecule has 12 nitrogen and oxygen atoms in total. The first-order valence-electron chi connectivity index (χ1n) is 17.1. The SMILES string of the molecule is C=C[C@H]1C[C@]1(NC(=O)[C@@H]1C[C@@H]2CN1C(=O)[C@H](CCCC)NC(=O)OCCCCCCCc1ccccc1O2)C(=O)NS(=O)(=O)C1CC1. The quantitative estimate of drug-likeness (QED) is 0.336. The van der Waals surface area contributed by atoms with Gasteiger partial charge in [-0.2, -0.15) is 0 Å². The van der Waals surface area contributed by atoms with E-state index in [9.17, 15) is 27.6 Å². The van der Waals surface area contributed by atoms with E-state index in [1.165, 1.54) is 11.0 Å². The van der Waals surface area contributed by atoms with Gasteiger partial charge < -0.3 is 25.0 Å². The first-order valence-corrected chi connectivity index (χ1v) is 18.6. The van der Waals surface area contributed by atoms with Gasteiger partial charge in [0.05, 0.1) is 18.4 Å². The molecule has 1 aromatic carbocycles. The maximum Gasteiger partial charge on any atom is 0.407 e. The Morgan fingerprint density at radius 2 is 1.87 bits per heavy atom. The summed E-state index contributed by atoms with van der Waals surface area (Å²) in [6.07, 6.45) is 8.88. The number of sulfonamides is 1. The molecule has 5 rings (SSSR count). The molecule has 3 fully saturated rings. The summed E-state index contributed by atoms with van der Waals surface area (Å²) in [4.78, 5) is 55.8. The van der Waals surface area contributed by atoms with Crippen molar-refractivity contribution in [2.75, 3.05) is 13.2 Å². The topological polar surface area (TPSA) is 160 Å². The van der Waals surface area contributed by atoms with Gasteiger partial charge in [0, 0.05) is 12.3 Å². The van der Waals surface area contributed by atoms with E-state index in [0.717, 1.165) is 50.5 Å². The molecule has 1 saturated heterocycles. The Kier molecular flexibility index (Phi) is 11.1. The average Bonchev–Trinajstić information content (AvgIpc) is 3.97. The first-order chi connectivity index (χ1) is 22.6. The number of hydrogen-bond donors (Lipinski definition) is 3. The highest BCUT2D eigenvalue weighted by Crippen LogP contribution is 2.45. The van der Waals surface area contributed by atoms with Crippen LogP contribution in [-0.2, 0) is 35.6 Å². The summed E-state index contributed by atoms with van der Waals surface area (Å²) in [5, 5.41) is 4.93. The van der Waals surface area contributed by atoms with Crippen molar-refractivity contribution in [3.63, 3.8) is 0 Å². The second-order valence-corrected chi connectivity index (χ2v) is 15.2. The summed E-state index contributed by atoms with van der Waals surface area (Å²) >= 11 is 0. The molecular formula is C34H48N4O8S. The van der Waals surface area contributed by atoms with E-state index in [0.29, 0.717) is 31.4 Å². The van der Waals surface area contributed by atoms with Crippen molar-refractivity contribution >= 4 is 33.8 Å². The van der Waals surface area contributed by atoms with Crippen LogP contribution in [-0.4, -0.2) is 79.3 Å². The van der Waals surface area contributed by atoms with Crippen molar-refractivity contribution in [3.05, 3.63) is 42.5 Å². The monoisotopic (exact) mass is 672 g/mol. The maximum atomic E-state index is 14.2. The number of unbranched alkanes of at least 4 members (excludes halogenated alkanes) is 1. The van der Waals surface area contributed by atoms with Crippen molar-refractivity contribution in [1.29, 1.82) is 0 Å². The molecule has 2 aliphatic heterocycles. The molecule has 0 aromatic heterocycles. The van der Waals surface area contributed by atoms with E-state index >= 15 is 0 Å². The van der Waals surface area contributed by atoms with Crippen LogP contribution in [0.1, 0.15) is 89.5 Å². The van der Waals surface area contributed by atoms with Gasteiger partial charge in [-0.05, 0) is 56.6 Å². The number of benzene rings is 1. The number of alkyl carbamates (subject to hydrolysis) is 1. The summed E-state index contributed by atoms with van der Waals surface area (Å²) in [6, 6.07) is 5.83. The third kappa shape index (κ3) is 8.46. The molecule has 1 aromatic rings. The van der Waals surface area contributed by atoms with Crippen molar-refractivity contribution in [1.82, 2.24) is 20.3 Å². The second-order valence-electron chi connectivity index (χ2n) is 13.3. The fraction of sp³-hybridized carbons (Fsp3) is 0.647. The molecule has 2 saturated carbocycles. The van der Waals surface area contributed by atoms with E-state index in [4.69, 9.17) is 9.47 Å². The summed E-state index contributed by atoms with van der Waals surface area (Å²) in [6.45, 7) is 6.09. The number of rotatable bonds is 9. The largest absolute Gasteiger partial charge is 0.488 e. The van der Waals surface area contributed by atoms with Crippen LogP contribution < -0.4 is 20.1 Å². The summed E-state index contributed by atoms with van der Waals surface area (Å²) in [7, 11) is -3.85. The Labute approximate surface area is 277 Å². The number of para-hydroxylation sites is 1. The number of aryl methyl sites for hydroxylation is 1. The molecular weight excluding hydrogens is 624 g/mol. The number of fused-ring (bicyclic) bond motifs is 3. The van der Waals surface area contributed by atoms with Crippen molar-refractivity contribution < 1.29 is 37.1 Å². The molecule has 13 heteroatoms. The molecule has 47 heavy (non-hydrogen) atoms. The molecule has 0 spiro atoms. The minimum Gasteiger partial charge on any atom is -0.488 e. The molecule has 258 valence electrons. The minimum atomic E-state index is -3.85. The second kappa shape index (κ2) is 15.1. The highest BCUT2D eigenvalue weighted by atomic mass is 32.2. The van der Waals surface area contributed by atoms with Gasteiger partial charge in [0.2, 0.25) is 21.8 Å². The highest BCUT2D eigenvalue weighted by Gasteiger charge is 2.62. The number of ether oxygens (including phenoxy) is 2. The van der Waals surface area contributed by atoms with Crippen LogP contribution in [0.2, 0.25) is 0 Å². The maximum absolute atomic E-state index is 14.2. The van der Waals surface area contributed by atoms with Crippen LogP contribution in [0, 0.1) is 5.92 Å². The number of amides is 4. The van der Waals surface area contributed by atoms with Gasteiger partial charge in [-0.1, -0.05) is 63.3 Å². The van der Waals surface area contributed by atoms with E-state index in [2.05, 4.69) is 21.9 Å². The number of cyclic esters (lactones) is 1. The van der Waals surface area contributed by atoms with Gasteiger partial charge >= 0.3 is 6.09 Å². The van der Waals surface area contributed by atoms with Gasteiger partial charge in [0.15, 0.2) is 0 Å². The number of nitrogens with one attached hydrogen (secondary N) is 3. The van der Waals surface area contributed by atoms with Crippen LogP contribution in [0.3, 0.4) is 0 Å². The minimum absolute atomic E-state index is 0.0880. The Morgan fingerprint density at radius 3 is 2.60 bits per heavy atom. The van der Waals surface area contributed by atoms with Gasteiger partial charge in [-0.15, -0.1) is 6.58 Å². The number of carbonyl (C=O) groups excluding carboxylic acids is 4. The smallest absolute Gasteiger partial charge is 0.407 e. The highest BCUT2D eigenvalue weighted by molar-refractivity contribution is 7.91. The number of hydrogen-bond acceptors (Lipinski definition) is 8. The first kappa shape index (κ1) is 34.7. The van der Waals surface area contributed by atoms with Gasteiger partial charge in [0.1, 0.15) is 29.5 Å². The molecule has 2 bridgehead atoms. The average molecular weight is 673 g/mol. The lowest BCUT2D eigenvalue weighted by molar-refractivity contribution is -0.141. The van der Waals surface area contributed by atoms with Gasteiger partial charge in [-0.3, -0.25) is 19.1 Å². The van der Waals surface area contributed by atoms with Crippen LogP contribution in [0.5, 0.6) is 5.75 Å². The molecule has 3 N–H and O–H groups in total. The summed E-state index contributed by atoms with van der Waals surface area (Å²) in [5.74, 6) is -1.61. The Hall–Kier alpha value is -3.61. The lowest BCUT2D eigenvalue weighted by Crippen LogP contribution is -2.58. The summed E-state index contributed by atoms with van der Waals surface area (Å²) in [5.41, 5.74) is -0.438. The van der Waals surface area contributed by atoms with Crippen molar-refractivity contribution in [2.24, 2.45) is 5.92 Å². The Bertz CT molecular complexity index is 1450. The van der Waals surface area contributed by atoms with E-state index in [1.54, 1.807) is 0 Å². The third-order valence-electron chi connectivity index (χ3n) is 9.62. The summed E-state index contributed by atoms with van der Waals surface area (Å²) < 4.78 is 39.2. The van der Waals surface area contributed by atoms with E-state index in [1.807, 2.05) is 31.2 Å². The van der Waals surface area contributed by atoms with Crippen LogP contribution >= 0.6 is 0 Å². The van der Waals surface area contributed by atoms with E-state index in [-0.39, 0.29) is 26.0 Å². The van der Waals surface area contributed by atoms with Crippen LogP contribution in [0.15, 0.2) is 36.9 Å². The van der Waals surface area contributed by atoms with E-state index < -0.39 is 68.7 Å². The van der Waals surface area contributed by atoms with Gasteiger partial charge in [-0.25, -0.2) is 13.2 Å². The van der Waals surface area contributed by atoms with Crippen molar-refractivity contribution in [2.45, 2.75) is 119 Å². The third-order valence-corrected chi connectivity index (χ3v) is 11.4.